The molecule has 8 heteroatoms. The third-order valence-electron chi connectivity index (χ3n) is 2.86. The molecule has 2 aromatic heterocycles. The predicted molar refractivity (Wildman–Crippen MR) is 72.0 cm³/mol. The second kappa shape index (κ2) is 5.16. The summed E-state index contributed by atoms with van der Waals surface area (Å²) in [5.74, 6) is -0.197. The summed E-state index contributed by atoms with van der Waals surface area (Å²) in [6.45, 7) is 0.148. The van der Waals surface area contributed by atoms with Gasteiger partial charge in [0.15, 0.2) is 17.4 Å². The molecule has 0 bridgehead atoms. The molecule has 2 heterocycles. The summed E-state index contributed by atoms with van der Waals surface area (Å²) in [5, 5.41) is 15.3. The largest absolute Gasteiger partial charge is 0.381 e. The van der Waals surface area contributed by atoms with E-state index in [2.05, 4.69) is 15.2 Å². The van der Waals surface area contributed by atoms with Crippen molar-refractivity contribution in [1.29, 1.82) is 5.41 Å². The minimum atomic E-state index is -0.344. The van der Waals surface area contributed by atoms with Crippen LogP contribution in [0, 0.1) is 11.2 Å². The molecule has 7 nitrogen and oxygen atoms in total. The van der Waals surface area contributed by atoms with Gasteiger partial charge in [-0.1, -0.05) is 23.4 Å². The first-order chi connectivity index (χ1) is 10.1. The van der Waals surface area contributed by atoms with E-state index in [1.807, 2.05) is 0 Å². The third-order valence-corrected chi connectivity index (χ3v) is 2.86. The quantitative estimate of drug-likeness (QED) is 0.557. The van der Waals surface area contributed by atoms with Gasteiger partial charge in [-0.3, -0.25) is 5.41 Å². The lowest BCUT2D eigenvalue weighted by Gasteiger charge is -2.05. The zero-order chi connectivity index (χ0) is 14.8. The number of nitrogens with zero attached hydrogens (tertiary/aromatic N) is 4. The molecule has 0 aliphatic heterocycles. The average Bonchev–Trinajstić information content (AvgIpc) is 3.10. The molecule has 3 rings (SSSR count). The van der Waals surface area contributed by atoms with Crippen LogP contribution in [0.5, 0.6) is 0 Å². The Morgan fingerprint density at radius 3 is 2.81 bits per heavy atom. The minimum absolute atomic E-state index is 0.0596. The van der Waals surface area contributed by atoms with Gasteiger partial charge in [-0.2, -0.15) is 0 Å². The van der Waals surface area contributed by atoms with Crippen molar-refractivity contribution in [2.75, 3.05) is 0 Å². The molecule has 0 saturated carbocycles. The Morgan fingerprint density at radius 1 is 1.33 bits per heavy atom. The first kappa shape index (κ1) is 13.0. The molecule has 3 N–H and O–H groups in total. The zero-order valence-corrected chi connectivity index (χ0v) is 10.8. The molecule has 0 aliphatic rings. The van der Waals surface area contributed by atoms with Gasteiger partial charge in [0, 0.05) is 11.6 Å². The molecule has 0 unspecified atom stereocenters. The van der Waals surface area contributed by atoms with Gasteiger partial charge in [0.25, 0.3) is 0 Å². The van der Waals surface area contributed by atoms with E-state index in [9.17, 15) is 4.39 Å². The van der Waals surface area contributed by atoms with E-state index in [1.54, 1.807) is 24.3 Å². The number of benzene rings is 1. The lowest BCUT2D eigenvalue weighted by molar-refractivity contribution is 0.421. The van der Waals surface area contributed by atoms with Gasteiger partial charge < -0.3 is 10.3 Å². The number of amidine groups is 1. The van der Waals surface area contributed by atoms with Crippen molar-refractivity contribution in [2.24, 2.45) is 5.73 Å². The lowest BCUT2D eigenvalue weighted by atomic mass is 10.2. The van der Waals surface area contributed by atoms with Crippen molar-refractivity contribution < 1.29 is 8.91 Å². The number of nitrogens with one attached hydrogen (secondary N) is 1. The maximum atomic E-state index is 13.8. The van der Waals surface area contributed by atoms with Gasteiger partial charge in [-0.05, 0) is 6.07 Å². The average molecular weight is 286 g/mol. The van der Waals surface area contributed by atoms with Crippen molar-refractivity contribution in [1.82, 2.24) is 19.9 Å². The summed E-state index contributed by atoms with van der Waals surface area (Å²) in [4.78, 5) is 4.14. The van der Waals surface area contributed by atoms with Crippen molar-refractivity contribution in [3.63, 3.8) is 0 Å². The number of rotatable bonds is 4. The number of nitrogens with two attached hydrogens (primary N) is 1. The van der Waals surface area contributed by atoms with E-state index >= 15 is 0 Å². The highest BCUT2D eigenvalue weighted by Gasteiger charge is 2.17. The molecular weight excluding hydrogens is 275 g/mol. The summed E-state index contributed by atoms with van der Waals surface area (Å²) < 4.78 is 20.0. The first-order valence-corrected chi connectivity index (χ1v) is 6.08. The van der Waals surface area contributed by atoms with Crippen molar-refractivity contribution in [3.8, 4) is 11.5 Å². The Hall–Kier alpha value is -3.03. The molecule has 106 valence electrons. The predicted octanol–water partition coefficient (Wildman–Crippen LogP) is 1.40. The lowest BCUT2D eigenvalue weighted by Crippen LogP contribution is -2.14. The van der Waals surface area contributed by atoms with E-state index in [-0.39, 0.29) is 24.0 Å². The highest BCUT2D eigenvalue weighted by Crippen LogP contribution is 2.17. The molecule has 1 aromatic carbocycles. The van der Waals surface area contributed by atoms with E-state index < -0.39 is 0 Å². The fraction of sp³-hybridized carbons (Fsp3) is 0.0769. The van der Waals surface area contributed by atoms with Crippen LogP contribution in [0.15, 0.2) is 41.1 Å². The Bertz CT molecular complexity index is 780. The summed E-state index contributed by atoms with van der Waals surface area (Å²) in [6, 6.07) is 7.97. The molecule has 0 saturated heterocycles. The van der Waals surface area contributed by atoms with Gasteiger partial charge in [-0.15, -0.1) is 5.10 Å². The molecule has 21 heavy (non-hydrogen) atoms. The fourth-order valence-corrected chi connectivity index (χ4v) is 1.87. The fourth-order valence-electron chi connectivity index (χ4n) is 1.87. The summed E-state index contributed by atoms with van der Waals surface area (Å²) in [6.07, 6.45) is 1.39. The molecule has 0 radical (unpaired) electrons. The van der Waals surface area contributed by atoms with Crippen LogP contribution in [-0.2, 0) is 6.54 Å². The number of nitrogen functional groups attached to an aromatic ring is 1. The van der Waals surface area contributed by atoms with Gasteiger partial charge >= 0.3 is 0 Å². The van der Waals surface area contributed by atoms with Gasteiger partial charge in [0.1, 0.15) is 12.1 Å². The second-order valence-electron chi connectivity index (χ2n) is 4.31. The summed E-state index contributed by atoms with van der Waals surface area (Å²) in [7, 11) is 0. The summed E-state index contributed by atoms with van der Waals surface area (Å²) in [5.41, 5.74) is 6.28. The standard InChI is InChI=1S/C13H11FN6O/c14-9-4-2-1-3-8(9)7-20-13(10-5-6-21-19-10)17-12(18-20)11(15)16/h1-6H,7H2,(H3,15,16). The highest BCUT2D eigenvalue weighted by molar-refractivity contribution is 5.91. The van der Waals surface area contributed by atoms with E-state index in [4.69, 9.17) is 15.7 Å². The van der Waals surface area contributed by atoms with Crippen LogP contribution in [0.4, 0.5) is 4.39 Å². The number of aromatic nitrogens is 4. The van der Waals surface area contributed by atoms with Crippen LogP contribution in [0.2, 0.25) is 0 Å². The number of hydrogen-bond donors (Lipinski definition) is 2. The highest BCUT2D eigenvalue weighted by atomic mass is 19.1. The van der Waals surface area contributed by atoms with Crippen LogP contribution in [0.25, 0.3) is 11.5 Å². The number of halogens is 1. The summed E-state index contributed by atoms with van der Waals surface area (Å²) >= 11 is 0. The molecule has 0 atom stereocenters. The number of hydrogen-bond acceptors (Lipinski definition) is 5. The van der Waals surface area contributed by atoms with Crippen LogP contribution >= 0.6 is 0 Å². The first-order valence-electron chi connectivity index (χ1n) is 6.08. The van der Waals surface area contributed by atoms with Crippen LogP contribution in [-0.4, -0.2) is 25.8 Å². The maximum Gasteiger partial charge on any atom is 0.216 e. The molecule has 0 aliphatic carbocycles. The zero-order valence-electron chi connectivity index (χ0n) is 10.8. The van der Waals surface area contributed by atoms with Gasteiger partial charge in [0.05, 0.1) is 6.54 Å². The third kappa shape index (κ3) is 2.50. The Labute approximate surface area is 118 Å². The topological polar surface area (TPSA) is 107 Å². The van der Waals surface area contributed by atoms with Crippen LogP contribution in [0.1, 0.15) is 11.4 Å². The molecule has 0 spiro atoms. The molecule has 0 fully saturated rings. The van der Waals surface area contributed by atoms with E-state index in [1.165, 1.54) is 17.0 Å². The van der Waals surface area contributed by atoms with E-state index in [0.717, 1.165) is 0 Å². The molecular formula is C13H11FN6O. The van der Waals surface area contributed by atoms with Crippen LogP contribution < -0.4 is 5.73 Å². The smallest absolute Gasteiger partial charge is 0.216 e. The van der Waals surface area contributed by atoms with Crippen molar-refractivity contribution in [2.45, 2.75) is 6.54 Å². The Kier molecular flexibility index (Phi) is 3.19. The molecule has 3 aromatic rings. The van der Waals surface area contributed by atoms with Crippen molar-refractivity contribution >= 4 is 5.84 Å². The molecule has 0 amide bonds. The SMILES string of the molecule is N=C(N)c1nc(-c2ccon2)n(Cc2ccccc2F)n1. The Morgan fingerprint density at radius 2 is 2.14 bits per heavy atom. The monoisotopic (exact) mass is 286 g/mol. The van der Waals surface area contributed by atoms with Gasteiger partial charge in [-0.25, -0.2) is 14.1 Å². The second-order valence-corrected chi connectivity index (χ2v) is 4.31. The van der Waals surface area contributed by atoms with Gasteiger partial charge in [0.2, 0.25) is 5.82 Å². The maximum absolute atomic E-state index is 13.8. The normalized spacial score (nSPS) is 10.7. The van der Waals surface area contributed by atoms with Crippen LogP contribution in [0.3, 0.4) is 0 Å². The minimum Gasteiger partial charge on any atom is -0.381 e. The Balaban J connectivity index is 2.05. The van der Waals surface area contributed by atoms with E-state index in [0.29, 0.717) is 17.1 Å². The van der Waals surface area contributed by atoms with Crippen molar-refractivity contribution in [3.05, 3.63) is 53.8 Å².